The molecule has 0 amide bonds. The molecule has 1 saturated heterocycles. The summed E-state index contributed by atoms with van der Waals surface area (Å²) in [7, 11) is 1.79. The average Bonchev–Trinajstić information content (AvgIpc) is 3.11. The second-order valence-electron chi connectivity index (χ2n) is 7.64. The van der Waals surface area contributed by atoms with Crippen molar-refractivity contribution in [2.75, 3.05) is 26.8 Å². The van der Waals surface area contributed by atoms with Gasteiger partial charge in [0.25, 0.3) is 0 Å². The number of methoxy groups -OCH3 is 1. The fourth-order valence-electron chi connectivity index (χ4n) is 3.89. The van der Waals surface area contributed by atoms with Crippen LogP contribution in [-0.2, 0) is 11.3 Å². The molecule has 3 aromatic rings. The van der Waals surface area contributed by atoms with Gasteiger partial charge < -0.3 is 9.15 Å². The van der Waals surface area contributed by atoms with E-state index in [0.717, 1.165) is 43.3 Å². The fraction of sp³-hybridized carbons (Fsp3) is 0.375. The number of rotatable bonds is 6. The quantitative estimate of drug-likeness (QED) is 0.594. The molecule has 0 unspecified atom stereocenters. The number of oxazole rings is 1. The van der Waals surface area contributed by atoms with Gasteiger partial charge in [0.05, 0.1) is 5.69 Å². The average molecular weight is 377 g/mol. The maximum Gasteiger partial charge on any atom is 0.226 e. The first-order valence-corrected chi connectivity index (χ1v) is 10.1. The Bertz CT molecular complexity index is 879. The lowest BCUT2D eigenvalue weighted by atomic mass is 9.98. The Kier molecular flexibility index (Phi) is 5.89. The summed E-state index contributed by atoms with van der Waals surface area (Å²) in [6.07, 6.45) is 2.39. The predicted molar refractivity (Wildman–Crippen MR) is 112 cm³/mol. The molecular formula is C24H28N2O2. The van der Waals surface area contributed by atoms with Crippen molar-refractivity contribution in [1.82, 2.24) is 9.88 Å². The monoisotopic (exact) mass is 376 g/mol. The lowest BCUT2D eigenvalue weighted by molar-refractivity contribution is 0.0962. The molecule has 1 aliphatic rings. The third kappa shape index (κ3) is 4.34. The number of ether oxygens (including phenoxy) is 1. The van der Waals surface area contributed by atoms with E-state index in [1.807, 2.05) is 13.0 Å². The minimum Gasteiger partial charge on any atom is -0.441 e. The maximum absolute atomic E-state index is 5.99. The Hall–Kier alpha value is -2.43. The van der Waals surface area contributed by atoms with E-state index >= 15 is 0 Å². The summed E-state index contributed by atoms with van der Waals surface area (Å²) in [5, 5.41) is 0. The maximum atomic E-state index is 5.99. The molecule has 2 heterocycles. The first-order chi connectivity index (χ1) is 13.7. The van der Waals surface area contributed by atoms with Gasteiger partial charge >= 0.3 is 0 Å². The van der Waals surface area contributed by atoms with E-state index < -0.39 is 0 Å². The second kappa shape index (κ2) is 8.72. The van der Waals surface area contributed by atoms with E-state index in [2.05, 4.69) is 53.4 Å². The van der Waals surface area contributed by atoms with Crippen molar-refractivity contribution in [2.45, 2.75) is 26.3 Å². The van der Waals surface area contributed by atoms with Gasteiger partial charge in [0.15, 0.2) is 0 Å². The zero-order valence-corrected chi connectivity index (χ0v) is 16.7. The molecule has 28 heavy (non-hydrogen) atoms. The lowest BCUT2D eigenvalue weighted by Gasteiger charge is -2.31. The third-order valence-corrected chi connectivity index (χ3v) is 5.61. The molecule has 0 saturated carbocycles. The van der Waals surface area contributed by atoms with E-state index in [1.54, 1.807) is 7.11 Å². The minimum absolute atomic E-state index is 0.693. The number of nitrogens with zero attached hydrogens (tertiary/aromatic N) is 2. The molecular weight excluding hydrogens is 348 g/mol. The van der Waals surface area contributed by atoms with Crippen LogP contribution in [0.15, 0.2) is 59.0 Å². The van der Waals surface area contributed by atoms with Crippen LogP contribution < -0.4 is 0 Å². The van der Waals surface area contributed by atoms with E-state index in [4.69, 9.17) is 14.1 Å². The lowest BCUT2D eigenvalue weighted by Crippen LogP contribution is -2.34. The third-order valence-electron chi connectivity index (χ3n) is 5.61. The highest BCUT2D eigenvalue weighted by molar-refractivity contribution is 5.67. The Morgan fingerprint density at radius 1 is 0.964 bits per heavy atom. The predicted octanol–water partition coefficient (Wildman–Crippen LogP) is 5.18. The molecule has 1 aliphatic heterocycles. The molecule has 1 fully saturated rings. The summed E-state index contributed by atoms with van der Waals surface area (Å²) in [6, 6.07) is 18.8. The smallest absolute Gasteiger partial charge is 0.226 e. The molecule has 0 N–H and O–H groups in total. The van der Waals surface area contributed by atoms with Crippen LogP contribution in [0.1, 0.15) is 24.3 Å². The zero-order valence-electron chi connectivity index (χ0n) is 16.7. The Morgan fingerprint density at radius 2 is 1.61 bits per heavy atom. The van der Waals surface area contributed by atoms with Gasteiger partial charge in [-0.1, -0.05) is 42.5 Å². The first-order valence-electron chi connectivity index (χ1n) is 10.1. The number of hydrogen-bond donors (Lipinski definition) is 0. The highest BCUT2D eigenvalue weighted by Crippen LogP contribution is 2.27. The number of hydrogen-bond acceptors (Lipinski definition) is 4. The first kappa shape index (κ1) is 18.9. The summed E-state index contributed by atoms with van der Waals surface area (Å²) in [5.74, 6) is 2.32. The van der Waals surface area contributed by atoms with Gasteiger partial charge in [-0.25, -0.2) is 4.98 Å². The Balaban J connectivity index is 1.43. The molecule has 2 aromatic carbocycles. The minimum atomic E-state index is 0.693. The standard InChI is InChI=1S/C24H28N2O2/c1-18-23(16-26-14-12-19(13-15-26)17-27-2)25-24(28-18)22-10-8-21(9-11-22)20-6-4-3-5-7-20/h3-11,19H,12-17H2,1-2H3. The van der Waals surface area contributed by atoms with Gasteiger partial charge in [-0.05, 0) is 62.0 Å². The topological polar surface area (TPSA) is 38.5 Å². The largest absolute Gasteiger partial charge is 0.441 e. The van der Waals surface area contributed by atoms with Crippen molar-refractivity contribution in [3.05, 3.63) is 66.1 Å². The molecule has 4 nitrogen and oxygen atoms in total. The van der Waals surface area contributed by atoms with Crippen LogP contribution in [0.2, 0.25) is 0 Å². The molecule has 0 bridgehead atoms. The molecule has 146 valence electrons. The normalized spacial score (nSPS) is 15.8. The van der Waals surface area contributed by atoms with Crippen molar-refractivity contribution in [3.63, 3.8) is 0 Å². The fourth-order valence-corrected chi connectivity index (χ4v) is 3.89. The summed E-state index contributed by atoms with van der Waals surface area (Å²) < 4.78 is 11.3. The van der Waals surface area contributed by atoms with Crippen LogP contribution in [0.4, 0.5) is 0 Å². The van der Waals surface area contributed by atoms with Crippen LogP contribution in [0, 0.1) is 12.8 Å². The highest BCUT2D eigenvalue weighted by atomic mass is 16.5. The van der Waals surface area contributed by atoms with Gasteiger partial charge in [0, 0.05) is 25.8 Å². The van der Waals surface area contributed by atoms with Crippen LogP contribution in [0.25, 0.3) is 22.6 Å². The SMILES string of the molecule is COCC1CCN(Cc2nc(-c3ccc(-c4ccccc4)cc3)oc2C)CC1. The summed E-state index contributed by atoms with van der Waals surface area (Å²) in [6.45, 7) is 5.95. The van der Waals surface area contributed by atoms with E-state index in [9.17, 15) is 0 Å². The van der Waals surface area contributed by atoms with Gasteiger partial charge in [0.1, 0.15) is 5.76 Å². The van der Waals surface area contributed by atoms with Crippen molar-refractivity contribution in [3.8, 4) is 22.6 Å². The van der Waals surface area contributed by atoms with Gasteiger partial charge in [-0.3, -0.25) is 4.90 Å². The number of aromatic nitrogens is 1. The molecule has 0 spiro atoms. The Labute approximate surface area is 167 Å². The number of piperidine rings is 1. The second-order valence-corrected chi connectivity index (χ2v) is 7.64. The summed E-state index contributed by atoms with van der Waals surface area (Å²) in [5.41, 5.74) is 4.49. The van der Waals surface area contributed by atoms with E-state index in [-0.39, 0.29) is 0 Å². The van der Waals surface area contributed by atoms with Crippen molar-refractivity contribution >= 4 is 0 Å². The van der Waals surface area contributed by atoms with Crippen LogP contribution >= 0.6 is 0 Å². The molecule has 1 aromatic heterocycles. The summed E-state index contributed by atoms with van der Waals surface area (Å²) >= 11 is 0. The van der Waals surface area contributed by atoms with Gasteiger partial charge in [-0.2, -0.15) is 0 Å². The molecule has 0 atom stereocenters. The van der Waals surface area contributed by atoms with Crippen molar-refractivity contribution in [1.29, 1.82) is 0 Å². The Morgan fingerprint density at radius 3 is 2.29 bits per heavy atom. The van der Waals surface area contributed by atoms with Crippen molar-refractivity contribution in [2.24, 2.45) is 5.92 Å². The van der Waals surface area contributed by atoms with Gasteiger partial charge in [-0.15, -0.1) is 0 Å². The van der Waals surface area contributed by atoms with Crippen LogP contribution in [-0.4, -0.2) is 36.7 Å². The molecule has 0 radical (unpaired) electrons. The van der Waals surface area contributed by atoms with Crippen LogP contribution in [0.3, 0.4) is 0 Å². The van der Waals surface area contributed by atoms with Crippen LogP contribution in [0.5, 0.6) is 0 Å². The number of aryl methyl sites for hydroxylation is 1. The van der Waals surface area contributed by atoms with E-state index in [0.29, 0.717) is 11.8 Å². The van der Waals surface area contributed by atoms with E-state index in [1.165, 1.54) is 24.0 Å². The molecule has 4 heteroatoms. The highest BCUT2D eigenvalue weighted by Gasteiger charge is 2.21. The van der Waals surface area contributed by atoms with Crippen molar-refractivity contribution < 1.29 is 9.15 Å². The summed E-state index contributed by atoms with van der Waals surface area (Å²) in [4.78, 5) is 7.27. The van der Waals surface area contributed by atoms with Gasteiger partial charge in [0.2, 0.25) is 5.89 Å². The number of likely N-dealkylation sites (tertiary alicyclic amines) is 1. The molecule has 4 rings (SSSR count). The zero-order chi connectivity index (χ0) is 19.3. The number of benzene rings is 2. The molecule has 0 aliphatic carbocycles.